The van der Waals surface area contributed by atoms with Gasteiger partial charge in [0, 0.05) is 29.9 Å². The molecule has 3 atom stereocenters. The molecule has 2 aliphatic carbocycles. The summed E-state index contributed by atoms with van der Waals surface area (Å²) in [5.41, 5.74) is 1.78. The molecule has 45 heavy (non-hydrogen) atoms. The van der Waals surface area contributed by atoms with E-state index in [-0.39, 0.29) is 35.5 Å². The van der Waals surface area contributed by atoms with E-state index in [2.05, 4.69) is 20.9 Å². The Morgan fingerprint density at radius 2 is 1.67 bits per heavy atom. The van der Waals surface area contributed by atoms with E-state index in [9.17, 15) is 23.6 Å². The highest BCUT2D eigenvalue weighted by Crippen LogP contribution is 2.41. The monoisotopic (exact) mass is 621 g/mol. The van der Waals surface area contributed by atoms with Crippen molar-refractivity contribution >= 4 is 29.5 Å². The van der Waals surface area contributed by atoms with Crippen LogP contribution in [0.15, 0.2) is 48.7 Å². The van der Waals surface area contributed by atoms with Crippen LogP contribution in [0.5, 0.6) is 0 Å². The number of hydrogen-bond acceptors (Lipinski definition) is 5. The summed E-state index contributed by atoms with van der Waals surface area (Å²) in [5, 5.41) is 17.2. The van der Waals surface area contributed by atoms with Gasteiger partial charge < -0.3 is 26.0 Å². The van der Waals surface area contributed by atoms with Gasteiger partial charge in [-0.25, -0.2) is 9.18 Å². The maximum Gasteiger partial charge on any atom is 0.404 e. The van der Waals surface area contributed by atoms with E-state index in [1.807, 2.05) is 18.2 Å². The van der Waals surface area contributed by atoms with Gasteiger partial charge in [-0.3, -0.25) is 19.4 Å². The summed E-state index contributed by atoms with van der Waals surface area (Å²) in [6.45, 7) is 0.0640. The van der Waals surface area contributed by atoms with E-state index >= 15 is 0 Å². The van der Waals surface area contributed by atoms with Crippen LogP contribution in [0.2, 0.25) is 0 Å². The van der Waals surface area contributed by atoms with Crippen molar-refractivity contribution in [2.45, 2.75) is 82.8 Å². The zero-order valence-corrected chi connectivity index (χ0v) is 25.6. The molecule has 1 aromatic carbocycles. The third kappa shape index (κ3) is 8.18. The number of carboxylic acid groups (broad SMARTS) is 1. The molecule has 1 aromatic heterocycles. The normalized spacial score (nSPS) is 24.4. The molecule has 1 saturated heterocycles. The number of rotatable bonds is 10. The zero-order chi connectivity index (χ0) is 31.8. The predicted molar refractivity (Wildman–Crippen MR) is 167 cm³/mol. The first-order valence-corrected chi connectivity index (χ1v) is 16.3. The fourth-order valence-electron chi connectivity index (χ4n) is 7.60. The Kier molecular flexibility index (Phi) is 11.0. The van der Waals surface area contributed by atoms with Gasteiger partial charge in [0.2, 0.25) is 11.8 Å². The van der Waals surface area contributed by atoms with E-state index in [0.29, 0.717) is 55.9 Å². The number of benzene rings is 1. The van der Waals surface area contributed by atoms with Crippen molar-refractivity contribution in [3.63, 3.8) is 0 Å². The fourth-order valence-corrected chi connectivity index (χ4v) is 7.60. The Morgan fingerprint density at radius 3 is 2.31 bits per heavy atom. The first-order valence-electron chi connectivity index (χ1n) is 16.3. The summed E-state index contributed by atoms with van der Waals surface area (Å²) in [7, 11) is 0. The minimum atomic E-state index is -1.24. The van der Waals surface area contributed by atoms with Crippen LogP contribution >= 0.6 is 0 Å². The molecule has 0 unspecified atom stereocenters. The summed E-state index contributed by atoms with van der Waals surface area (Å²) in [5.74, 6) is -0.428. The molecule has 4 N–H and O–H groups in total. The van der Waals surface area contributed by atoms with Crippen LogP contribution in [-0.2, 0) is 16.1 Å². The minimum absolute atomic E-state index is 0.0326. The second kappa shape index (κ2) is 15.3. The largest absolute Gasteiger partial charge is 0.465 e. The van der Waals surface area contributed by atoms with Gasteiger partial charge in [0.25, 0.3) is 5.91 Å². The maximum atomic E-state index is 13.9. The number of pyridine rings is 1. The number of anilines is 1. The molecule has 10 nitrogen and oxygen atoms in total. The van der Waals surface area contributed by atoms with E-state index in [4.69, 9.17) is 5.11 Å². The van der Waals surface area contributed by atoms with Crippen LogP contribution in [0.4, 0.5) is 14.9 Å². The minimum Gasteiger partial charge on any atom is -0.465 e. The van der Waals surface area contributed by atoms with Gasteiger partial charge in [-0.1, -0.05) is 38.2 Å². The van der Waals surface area contributed by atoms with E-state index in [0.717, 1.165) is 37.8 Å². The number of aromatic nitrogens is 1. The molecule has 3 fully saturated rings. The summed E-state index contributed by atoms with van der Waals surface area (Å²) in [6, 6.07) is 10.9. The van der Waals surface area contributed by atoms with Gasteiger partial charge in [-0.2, -0.15) is 0 Å². The standard InChI is InChI=1S/C34H44FN5O5/c35-20-29(39-34(44)45)23-9-11-25(12-10-23)33(43)40-19-17-28(22-6-2-1-3-7-22)30(40)32(42)38-26-15-13-24(14-16-26)31(41)37-21-27-8-4-5-18-36-27/h4-5,8,13-16,18,22-23,25,28-30,39H,1-3,6-7,9-12,17,19-21H2,(H,37,41)(H,38,42)(H,44,45)/t23-,25-,28-,29+,30-/m0/s1. The van der Waals surface area contributed by atoms with Crippen molar-refractivity contribution in [2.24, 2.45) is 23.7 Å². The molecule has 3 aliphatic rings. The lowest BCUT2D eigenvalue weighted by molar-refractivity contribution is -0.142. The number of nitrogens with one attached hydrogen (secondary N) is 3. The topological polar surface area (TPSA) is 141 Å². The lowest BCUT2D eigenvalue weighted by atomic mass is 9.76. The van der Waals surface area contributed by atoms with Gasteiger partial charge in [-0.05, 0) is 86.3 Å². The van der Waals surface area contributed by atoms with Gasteiger partial charge in [0.15, 0.2) is 0 Å². The Morgan fingerprint density at radius 1 is 0.933 bits per heavy atom. The fraction of sp³-hybridized carbons (Fsp3) is 0.559. The smallest absolute Gasteiger partial charge is 0.404 e. The number of alkyl halides is 1. The van der Waals surface area contributed by atoms with Crippen molar-refractivity contribution in [3.05, 3.63) is 59.9 Å². The summed E-state index contributed by atoms with van der Waals surface area (Å²) in [6.07, 6.45) is 9.02. The molecule has 5 rings (SSSR count). The second-order valence-electron chi connectivity index (χ2n) is 12.7. The average molecular weight is 622 g/mol. The van der Waals surface area contributed by atoms with Crippen LogP contribution in [-0.4, -0.2) is 64.1 Å². The molecule has 2 aromatic rings. The highest BCUT2D eigenvalue weighted by Gasteiger charge is 2.47. The zero-order valence-electron chi connectivity index (χ0n) is 25.6. The van der Waals surface area contributed by atoms with E-state index in [1.54, 1.807) is 35.4 Å². The maximum absolute atomic E-state index is 13.9. The van der Waals surface area contributed by atoms with Crippen molar-refractivity contribution in [3.8, 4) is 0 Å². The summed E-state index contributed by atoms with van der Waals surface area (Å²) < 4.78 is 13.5. The van der Waals surface area contributed by atoms with Gasteiger partial charge in [-0.15, -0.1) is 0 Å². The molecule has 11 heteroatoms. The first-order chi connectivity index (χ1) is 21.8. The molecule has 2 heterocycles. The summed E-state index contributed by atoms with van der Waals surface area (Å²) in [4.78, 5) is 57.6. The van der Waals surface area contributed by atoms with Crippen LogP contribution in [0.25, 0.3) is 0 Å². The Hall–Kier alpha value is -4.02. The van der Waals surface area contributed by atoms with E-state index in [1.165, 1.54) is 6.42 Å². The number of carbonyl (C=O) groups excluding carboxylic acids is 3. The van der Waals surface area contributed by atoms with Crippen LogP contribution in [0, 0.1) is 23.7 Å². The van der Waals surface area contributed by atoms with Gasteiger partial charge in [0.1, 0.15) is 12.7 Å². The number of amides is 4. The summed E-state index contributed by atoms with van der Waals surface area (Å²) >= 11 is 0. The van der Waals surface area contributed by atoms with Crippen molar-refractivity contribution in [1.29, 1.82) is 0 Å². The van der Waals surface area contributed by atoms with Crippen LogP contribution in [0.3, 0.4) is 0 Å². The molecule has 1 aliphatic heterocycles. The number of hydrogen-bond donors (Lipinski definition) is 4. The van der Waals surface area contributed by atoms with Crippen molar-refractivity contribution < 1.29 is 28.7 Å². The van der Waals surface area contributed by atoms with E-state index < -0.39 is 24.9 Å². The Bertz CT molecular complexity index is 1310. The predicted octanol–water partition coefficient (Wildman–Crippen LogP) is 5.16. The molecule has 0 spiro atoms. The molecule has 2 saturated carbocycles. The molecule has 0 bridgehead atoms. The number of likely N-dealkylation sites (tertiary alicyclic amines) is 1. The lowest BCUT2D eigenvalue weighted by Crippen LogP contribution is -2.50. The third-order valence-corrected chi connectivity index (χ3v) is 9.99. The SMILES string of the molecule is O=C(O)N[C@H](CF)[C@H]1CC[C@H](C(=O)N2CC[C@@H](C3CCCCC3)[C@H]2C(=O)Nc2ccc(C(=O)NCc3ccccn3)cc2)CC1. The van der Waals surface area contributed by atoms with Crippen molar-refractivity contribution in [2.75, 3.05) is 18.5 Å². The Labute approximate surface area is 263 Å². The highest BCUT2D eigenvalue weighted by atomic mass is 19.1. The average Bonchev–Trinajstić information content (AvgIpc) is 3.52. The number of nitrogens with zero attached hydrogens (tertiary/aromatic N) is 2. The Balaban J connectivity index is 1.23. The number of carbonyl (C=O) groups is 4. The number of halogens is 1. The first kappa shape index (κ1) is 32.4. The highest BCUT2D eigenvalue weighted by molar-refractivity contribution is 5.99. The van der Waals surface area contributed by atoms with Crippen molar-refractivity contribution in [1.82, 2.24) is 20.5 Å². The van der Waals surface area contributed by atoms with Crippen LogP contribution in [0.1, 0.15) is 80.3 Å². The van der Waals surface area contributed by atoms with Gasteiger partial charge in [0.05, 0.1) is 18.3 Å². The quantitative estimate of drug-likeness (QED) is 0.289. The molecular formula is C34H44FN5O5. The molecule has 0 radical (unpaired) electrons. The molecule has 4 amide bonds. The van der Waals surface area contributed by atoms with Crippen LogP contribution < -0.4 is 16.0 Å². The third-order valence-electron chi connectivity index (χ3n) is 9.99. The molecular weight excluding hydrogens is 577 g/mol. The second-order valence-corrected chi connectivity index (χ2v) is 12.7. The molecule has 242 valence electrons. The lowest BCUT2D eigenvalue weighted by Gasteiger charge is -2.37. The van der Waals surface area contributed by atoms with Gasteiger partial charge >= 0.3 is 6.09 Å².